The molecule has 0 radical (unpaired) electrons. The molecule has 0 spiro atoms. The van der Waals surface area contributed by atoms with Gasteiger partial charge in [0.15, 0.2) is 0 Å². The van der Waals surface area contributed by atoms with E-state index in [2.05, 4.69) is 30.5 Å². The Balaban J connectivity index is 1.43. The van der Waals surface area contributed by atoms with Gasteiger partial charge in [0.25, 0.3) is 5.91 Å². The molecule has 1 saturated heterocycles. The van der Waals surface area contributed by atoms with Crippen molar-refractivity contribution in [3.8, 4) is 0 Å². The molecule has 3 aromatic rings. The second-order valence-corrected chi connectivity index (χ2v) is 8.59. The summed E-state index contributed by atoms with van der Waals surface area (Å²) in [4.78, 5) is 40.8. The Morgan fingerprint density at radius 3 is 2.81 bits per heavy atom. The number of nitrogens with zero attached hydrogens (tertiary/aromatic N) is 4. The van der Waals surface area contributed by atoms with Crippen LogP contribution in [-0.4, -0.2) is 63.5 Å². The molecule has 0 saturated carbocycles. The number of anilines is 2. The molecule has 9 nitrogen and oxygen atoms in total. The van der Waals surface area contributed by atoms with Gasteiger partial charge in [-0.1, -0.05) is 17.7 Å². The van der Waals surface area contributed by atoms with Crippen molar-refractivity contribution < 1.29 is 9.59 Å². The van der Waals surface area contributed by atoms with Gasteiger partial charge in [-0.25, -0.2) is 14.8 Å². The van der Waals surface area contributed by atoms with Crippen molar-refractivity contribution >= 4 is 46.1 Å². The molecule has 3 heterocycles. The van der Waals surface area contributed by atoms with E-state index in [4.69, 9.17) is 11.6 Å². The maximum Gasteiger partial charge on any atom is 0.322 e. The molecule has 10 heteroatoms. The molecular weight excluding hydrogens is 430 g/mol. The minimum Gasteiger partial charge on any atom is -0.352 e. The van der Waals surface area contributed by atoms with E-state index in [0.29, 0.717) is 41.6 Å². The quantitative estimate of drug-likeness (QED) is 0.558. The minimum atomic E-state index is -0.203. The predicted molar refractivity (Wildman–Crippen MR) is 125 cm³/mol. The smallest absolute Gasteiger partial charge is 0.322 e. The highest BCUT2D eigenvalue weighted by molar-refractivity contribution is 6.36. The lowest BCUT2D eigenvalue weighted by atomic mass is 10.1. The molecular formula is C22H26ClN7O2. The molecule has 3 N–H and O–H groups in total. The Bertz CT molecular complexity index is 1150. The van der Waals surface area contributed by atoms with Gasteiger partial charge in [-0.3, -0.25) is 4.79 Å². The van der Waals surface area contributed by atoms with E-state index < -0.39 is 0 Å². The first kappa shape index (κ1) is 21.9. The molecule has 0 aliphatic carbocycles. The van der Waals surface area contributed by atoms with Crippen molar-refractivity contribution in [2.45, 2.75) is 32.9 Å². The first-order valence-electron chi connectivity index (χ1n) is 10.5. The van der Waals surface area contributed by atoms with Crippen molar-refractivity contribution in [1.29, 1.82) is 0 Å². The Labute approximate surface area is 191 Å². The first-order valence-corrected chi connectivity index (χ1v) is 10.9. The molecule has 4 rings (SSSR count). The van der Waals surface area contributed by atoms with Gasteiger partial charge in [-0.2, -0.15) is 0 Å². The summed E-state index contributed by atoms with van der Waals surface area (Å²) in [5, 5.41) is 7.13. The first-order chi connectivity index (χ1) is 15.3. The van der Waals surface area contributed by atoms with E-state index in [1.54, 1.807) is 35.4 Å². The topological polar surface area (TPSA) is 106 Å². The van der Waals surface area contributed by atoms with Crippen LogP contribution in [0.1, 0.15) is 31.1 Å². The van der Waals surface area contributed by atoms with Crippen molar-refractivity contribution in [3.63, 3.8) is 0 Å². The lowest BCUT2D eigenvalue weighted by molar-refractivity contribution is 0.0943. The number of halogens is 1. The van der Waals surface area contributed by atoms with Gasteiger partial charge in [0.1, 0.15) is 17.8 Å². The van der Waals surface area contributed by atoms with Gasteiger partial charge >= 0.3 is 6.03 Å². The summed E-state index contributed by atoms with van der Waals surface area (Å²) in [6, 6.07) is 6.72. The highest BCUT2D eigenvalue weighted by Gasteiger charge is 2.29. The average Bonchev–Trinajstić information content (AvgIpc) is 3.14. The second kappa shape index (κ2) is 9.04. The second-order valence-electron chi connectivity index (χ2n) is 8.19. The zero-order chi connectivity index (χ0) is 22.8. The fourth-order valence-electron chi connectivity index (χ4n) is 3.88. The molecule has 2 aromatic heterocycles. The number of hydrogen-bond acceptors (Lipinski definition) is 5. The number of H-pyrrole nitrogens is 1. The maximum atomic E-state index is 12.9. The molecule has 32 heavy (non-hydrogen) atoms. The average molecular weight is 456 g/mol. The third kappa shape index (κ3) is 4.47. The molecule has 1 unspecified atom stereocenters. The van der Waals surface area contributed by atoms with Gasteiger partial charge < -0.3 is 25.4 Å². The molecule has 168 valence electrons. The zero-order valence-corrected chi connectivity index (χ0v) is 19.0. The van der Waals surface area contributed by atoms with Crippen molar-refractivity contribution in [1.82, 2.24) is 25.2 Å². The van der Waals surface area contributed by atoms with Crippen LogP contribution < -0.4 is 15.5 Å². The monoisotopic (exact) mass is 455 g/mol. The molecule has 1 atom stereocenters. The van der Waals surface area contributed by atoms with Crippen LogP contribution in [0.3, 0.4) is 0 Å². The number of urea groups is 1. The van der Waals surface area contributed by atoms with Crippen LogP contribution in [0.15, 0.2) is 36.8 Å². The summed E-state index contributed by atoms with van der Waals surface area (Å²) in [6.07, 6.45) is 3.21. The van der Waals surface area contributed by atoms with E-state index in [-0.39, 0.29) is 24.0 Å². The van der Waals surface area contributed by atoms with Crippen LogP contribution >= 0.6 is 11.6 Å². The van der Waals surface area contributed by atoms with Crippen LogP contribution in [0.5, 0.6) is 0 Å². The van der Waals surface area contributed by atoms with E-state index in [9.17, 15) is 9.59 Å². The number of carbonyl (C=O) groups is 2. The van der Waals surface area contributed by atoms with E-state index >= 15 is 0 Å². The molecule has 3 amide bonds. The molecule has 1 aliphatic heterocycles. The fourth-order valence-corrected chi connectivity index (χ4v) is 4.11. The largest absolute Gasteiger partial charge is 0.352 e. The number of amides is 3. The number of benzene rings is 1. The number of aromatic amines is 1. The summed E-state index contributed by atoms with van der Waals surface area (Å²) in [5.74, 6) is 0.592. The molecule has 1 aromatic carbocycles. The van der Waals surface area contributed by atoms with Crippen LogP contribution in [0.25, 0.3) is 11.0 Å². The third-order valence-corrected chi connectivity index (χ3v) is 5.68. The number of piperazine rings is 1. The minimum absolute atomic E-state index is 0.0372. The van der Waals surface area contributed by atoms with Crippen molar-refractivity contribution in [3.05, 3.63) is 47.4 Å². The van der Waals surface area contributed by atoms with Gasteiger partial charge in [0, 0.05) is 49.2 Å². The van der Waals surface area contributed by atoms with Crippen molar-refractivity contribution in [2.24, 2.45) is 0 Å². The lowest BCUT2D eigenvalue weighted by Gasteiger charge is -2.40. The number of fused-ring (bicyclic) bond motifs is 1. The van der Waals surface area contributed by atoms with E-state index in [0.717, 1.165) is 11.2 Å². The number of nitrogens with one attached hydrogen (secondary N) is 3. The third-order valence-electron chi connectivity index (χ3n) is 5.39. The number of hydrogen-bond donors (Lipinski definition) is 3. The van der Waals surface area contributed by atoms with Crippen molar-refractivity contribution in [2.75, 3.05) is 29.9 Å². The number of rotatable bonds is 4. The number of carbonyl (C=O) groups excluding carboxylic acids is 2. The SMILES string of the molecule is CC(C)NC(=O)c1cccc(NC(=O)N2CCN(c3ncnc4[nH]cc(Cl)c34)CC2C)c1. The Kier molecular flexibility index (Phi) is 6.18. The van der Waals surface area contributed by atoms with E-state index in [1.807, 2.05) is 20.8 Å². The Morgan fingerprint density at radius 1 is 1.25 bits per heavy atom. The normalized spacial score (nSPS) is 16.5. The Hall–Kier alpha value is -3.33. The van der Waals surface area contributed by atoms with Crippen LogP contribution in [0.2, 0.25) is 5.02 Å². The summed E-state index contributed by atoms with van der Waals surface area (Å²) < 4.78 is 0. The molecule has 1 fully saturated rings. The van der Waals surface area contributed by atoms with E-state index in [1.165, 1.54) is 6.33 Å². The maximum absolute atomic E-state index is 12.9. The van der Waals surface area contributed by atoms with Crippen LogP contribution in [0, 0.1) is 0 Å². The van der Waals surface area contributed by atoms with Crippen LogP contribution in [-0.2, 0) is 0 Å². The standard InChI is InChI=1S/C22H26ClN7O2/c1-13(2)27-21(31)15-5-4-6-16(9-15)28-22(32)30-8-7-29(11-14(30)3)20-18-17(23)10-24-19(18)25-12-26-20/h4-6,9-10,12-14H,7-8,11H2,1-3H3,(H,27,31)(H,28,32)(H,24,25,26). The Morgan fingerprint density at radius 2 is 2.06 bits per heavy atom. The highest BCUT2D eigenvalue weighted by atomic mass is 35.5. The van der Waals surface area contributed by atoms with Crippen LogP contribution in [0.4, 0.5) is 16.3 Å². The van der Waals surface area contributed by atoms with Gasteiger partial charge in [0.2, 0.25) is 0 Å². The predicted octanol–water partition coefficient (Wildman–Crippen LogP) is 3.49. The summed E-state index contributed by atoms with van der Waals surface area (Å²) >= 11 is 6.32. The van der Waals surface area contributed by atoms with Gasteiger partial charge in [-0.15, -0.1) is 0 Å². The zero-order valence-electron chi connectivity index (χ0n) is 18.2. The highest BCUT2D eigenvalue weighted by Crippen LogP contribution is 2.31. The number of aromatic nitrogens is 3. The van der Waals surface area contributed by atoms with Gasteiger partial charge in [-0.05, 0) is 39.0 Å². The molecule has 0 bridgehead atoms. The summed E-state index contributed by atoms with van der Waals surface area (Å²) in [6.45, 7) is 7.55. The lowest BCUT2D eigenvalue weighted by Crippen LogP contribution is -2.55. The van der Waals surface area contributed by atoms with Gasteiger partial charge in [0.05, 0.1) is 10.4 Å². The summed E-state index contributed by atoms with van der Waals surface area (Å²) in [5.41, 5.74) is 1.78. The fraction of sp³-hybridized carbons (Fsp3) is 0.364. The molecule has 1 aliphatic rings. The summed E-state index contributed by atoms with van der Waals surface area (Å²) in [7, 11) is 0.